The molecule has 2 heteroatoms. The van der Waals surface area contributed by atoms with Gasteiger partial charge in [0.05, 0.1) is 0 Å². The summed E-state index contributed by atoms with van der Waals surface area (Å²) in [5.41, 5.74) is 2.56. The van der Waals surface area contributed by atoms with Gasteiger partial charge in [-0.2, -0.15) is 0 Å². The highest BCUT2D eigenvalue weighted by Gasteiger charge is 2.11. The molecule has 0 spiro atoms. The summed E-state index contributed by atoms with van der Waals surface area (Å²) in [6.45, 7) is 2.01. The lowest BCUT2D eigenvalue weighted by atomic mass is 9.98. The molecule has 3 aromatic rings. The molecule has 0 amide bonds. The maximum absolute atomic E-state index is 12.5. The number of fused-ring (bicyclic) bond motifs is 1. The molecule has 0 aliphatic heterocycles. The first-order chi connectivity index (χ1) is 9.25. The summed E-state index contributed by atoms with van der Waals surface area (Å²) < 4.78 is 0. The Bertz CT molecular complexity index is 739. The van der Waals surface area contributed by atoms with Crippen LogP contribution in [0.25, 0.3) is 10.8 Å². The molecule has 0 N–H and O–H groups in total. The highest BCUT2D eigenvalue weighted by Crippen LogP contribution is 2.20. The average molecular weight is 247 g/mol. The summed E-state index contributed by atoms with van der Waals surface area (Å²) in [6, 6.07) is 15.3. The quantitative estimate of drug-likeness (QED) is 0.645. The third kappa shape index (κ3) is 2.13. The van der Waals surface area contributed by atoms with E-state index in [9.17, 15) is 4.79 Å². The Balaban J connectivity index is 2.14. The fraction of sp³-hybridized carbons (Fsp3) is 0.0588. The topological polar surface area (TPSA) is 30.0 Å². The summed E-state index contributed by atoms with van der Waals surface area (Å²) in [6.07, 6.45) is 3.49. The van der Waals surface area contributed by atoms with Gasteiger partial charge in [-0.1, -0.05) is 48.0 Å². The molecule has 92 valence electrons. The monoisotopic (exact) mass is 247 g/mol. The van der Waals surface area contributed by atoms with Crippen molar-refractivity contribution in [1.82, 2.24) is 4.98 Å². The highest BCUT2D eigenvalue weighted by atomic mass is 16.1. The third-order valence-corrected chi connectivity index (χ3v) is 3.24. The molecule has 0 saturated heterocycles. The smallest absolute Gasteiger partial charge is 0.193 e. The summed E-state index contributed by atoms with van der Waals surface area (Å²) >= 11 is 0. The van der Waals surface area contributed by atoms with Crippen LogP contribution in [-0.4, -0.2) is 10.8 Å². The van der Waals surface area contributed by atoms with Gasteiger partial charge in [-0.05, 0) is 18.4 Å². The number of hydrogen-bond donors (Lipinski definition) is 0. The molecular formula is C17H13NO. The third-order valence-electron chi connectivity index (χ3n) is 3.24. The molecule has 1 aromatic heterocycles. The number of hydrogen-bond acceptors (Lipinski definition) is 2. The van der Waals surface area contributed by atoms with E-state index in [0.29, 0.717) is 11.1 Å². The van der Waals surface area contributed by atoms with Crippen molar-refractivity contribution >= 4 is 16.6 Å². The highest BCUT2D eigenvalue weighted by molar-refractivity contribution is 6.16. The van der Waals surface area contributed by atoms with Crippen LogP contribution in [0.2, 0.25) is 0 Å². The molecule has 2 aromatic carbocycles. The summed E-state index contributed by atoms with van der Waals surface area (Å²) in [5.74, 6) is 0.0404. The first kappa shape index (κ1) is 11.6. The second-order valence-electron chi connectivity index (χ2n) is 4.60. The van der Waals surface area contributed by atoms with E-state index in [0.717, 1.165) is 16.3 Å². The second kappa shape index (κ2) is 4.65. The molecule has 0 aliphatic rings. The van der Waals surface area contributed by atoms with Crippen LogP contribution in [-0.2, 0) is 0 Å². The number of carbonyl (C=O) groups excluding carboxylic acids is 1. The number of aromatic nitrogens is 1. The van der Waals surface area contributed by atoms with E-state index in [1.54, 1.807) is 12.4 Å². The standard InChI is InChI=1S/C17H13NO/c1-12-5-7-14(8-6-12)17(19)15-4-2-3-13-9-10-18-11-16(13)15/h2-11H,1H3. The fourth-order valence-electron chi connectivity index (χ4n) is 2.17. The van der Waals surface area contributed by atoms with Gasteiger partial charge in [0.1, 0.15) is 0 Å². The van der Waals surface area contributed by atoms with E-state index in [4.69, 9.17) is 0 Å². The molecule has 0 fully saturated rings. The predicted molar refractivity (Wildman–Crippen MR) is 76.4 cm³/mol. The average Bonchev–Trinajstić information content (AvgIpc) is 2.47. The van der Waals surface area contributed by atoms with E-state index in [1.165, 1.54) is 0 Å². The van der Waals surface area contributed by atoms with Crippen molar-refractivity contribution in [2.45, 2.75) is 6.92 Å². The van der Waals surface area contributed by atoms with Crippen molar-refractivity contribution in [1.29, 1.82) is 0 Å². The molecule has 0 saturated carbocycles. The van der Waals surface area contributed by atoms with Crippen LogP contribution in [0.3, 0.4) is 0 Å². The fourth-order valence-corrected chi connectivity index (χ4v) is 2.17. The van der Waals surface area contributed by atoms with Crippen LogP contribution < -0.4 is 0 Å². The van der Waals surface area contributed by atoms with Crippen molar-refractivity contribution in [3.8, 4) is 0 Å². The second-order valence-corrected chi connectivity index (χ2v) is 4.60. The molecule has 2 nitrogen and oxygen atoms in total. The van der Waals surface area contributed by atoms with Gasteiger partial charge in [0.25, 0.3) is 0 Å². The van der Waals surface area contributed by atoms with Crippen LogP contribution in [0.1, 0.15) is 21.5 Å². The van der Waals surface area contributed by atoms with Gasteiger partial charge in [0, 0.05) is 28.9 Å². The Kier molecular flexibility index (Phi) is 2.84. The van der Waals surface area contributed by atoms with Gasteiger partial charge in [-0.15, -0.1) is 0 Å². The van der Waals surface area contributed by atoms with Crippen molar-refractivity contribution < 1.29 is 4.79 Å². The van der Waals surface area contributed by atoms with Gasteiger partial charge < -0.3 is 0 Å². The summed E-state index contributed by atoms with van der Waals surface area (Å²) in [4.78, 5) is 16.7. The molecule has 0 aliphatic carbocycles. The summed E-state index contributed by atoms with van der Waals surface area (Å²) in [5, 5.41) is 1.93. The zero-order valence-corrected chi connectivity index (χ0v) is 10.6. The molecule has 3 rings (SSSR count). The molecule has 1 heterocycles. The summed E-state index contributed by atoms with van der Waals surface area (Å²) in [7, 11) is 0. The number of aryl methyl sites for hydroxylation is 1. The van der Waals surface area contributed by atoms with Crippen molar-refractivity contribution in [2.75, 3.05) is 0 Å². The number of rotatable bonds is 2. The normalized spacial score (nSPS) is 10.6. The molecular weight excluding hydrogens is 234 g/mol. The maximum atomic E-state index is 12.5. The molecule has 0 atom stereocenters. The van der Waals surface area contributed by atoms with Gasteiger partial charge in [0.15, 0.2) is 5.78 Å². The Labute approximate surface area is 111 Å². The number of carbonyl (C=O) groups is 1. The SMILES string of the molecule is Cc1ccc(C(=O)c2cccc3ccncc23)cc1. The Morgan fingerprint density at radius 2 is 1.79 bits per heavy atom. The van der Waals surface area contributed by atoms with Crippen LogP contribution >= 0.6 is 0 Å². The van der Waals surface area contributed by atoms with Gasteiger partial charge >= 0.3 is 0 Å². The van der Waals surface area contributed by atoms with Crippen LogP contribution in [0, 0.1) is 6.92 Å². The number of nitrogens with zero attached hydrogens (tertiary/aromatic N) is 1. The Morgan fingerprint density at radius 3 is 2.58 bits per heavy atom. The minimum atomic E-state index is 0.0404. The number of benzene rings is 2. The molecule has 19 heavy (non-hydrogen) atoms. The van der Waals surface area contributed by atoms with Crippen LogP contribution in [0.15, 0.2) is 60.9 Å². The lowest BCUT2D eigenvalue weighted by molar-refractivity contribution is 0.104. The van der Waals surface area contributed by atoms with E-state index < -0.39 is 0 Å². The van der Waals surface area contributed by atoms with Crippen molar-refractivity contribution in [3.63, 3.8) is 0 Å². The van der Waals surface area contributed by atoms with Crippen LogP contribution in [0.5, 0.6) is 0 Å². The van der Waals surface area contributed by atoms with Crippen molar-refractivity contribution in [2.24, 2.45) is 0 Å². The predicted octanol–water partition coefficient (Wildman–Crippen LogP) is 3.77. The first-order valence-electron chi connectivity index (χ1n) is 6.20. The van der Waals surface area contributed by atoms with Crippen molar-refractivity contribution in [3.05, 3.63) is 77.6 Å². The number of pyridine rings is 1. The zero-order valence-electron chi connectivity index (χ0n) is 10.6. The van der Waals surface area contributed by atoms with Crippen LogP contribution in [0.4, 0.5) is 0 Å². The molecule has 0 unspecified atom stereocenters. The van der Waals surface area contributed by atoms with E-state index in [-0.39, 0.29) is 5.78 Å². The van der Waals surface area contributed by atoms with Gasteiger partial charge in [-0.25, -0.2) is 0 Å². The Hall–Kier alpha value is -2.48. The van der Waals surface area contributed by atoms with E-state index in [2.05, 4.69) is 4.98 Å². The largest absolute Gasteiger partial charge is 0.289 e. The Morgan fingerprint density at radius 1 is 1.00 bits per heavy atom. The molecule has 0 radical (unpaired) electrons. The minimum Gasteiger partial charge on any atom is -0.289 e. The first-order valence-corrected chi connectivity index (χ1v) is 6.20. The molecule has 0 bridgehead atoms. The lowest BCUT2D eigenvalue weighted by Crippen LogP contribution is -2.02. The lowest BCUT2D eigenvalue weighted by Gasteiger charge is -2.05. The maximum Gasteiger partial charge on any atom is 0.193 e. The number of ketones is 1. The van der Waals surface area contributed by atoms with Gasteiger partial charge in [0.2, 0.25) is 0 Å². The van der Waals surface area contributed by atoms with E-state index in [1.807, 2.05) is 55.5 Å². The zero-order chi connectivity index (χ0) is 13.2. The van der Waals surface area contributed by atoms with Gasteiger partial charge in [-0.3, -0.25) is 9.78 Å². The van der Waals surface area contributed by atoms with E-state index >= 15 is 0 Å². The minimum absolute atomic E-state index is 0.0404.